The fraction of sp³-hybridized carbons (Fsp3) is 0.179. The Morgan fingerprint density at radius 3 is 2.54 bits per heavy atom. The Bertz CT molecular complexity index is 1350. The van der Waals surface area contributed by atoms with Gasteiger partial charge < -0.3 is 10.1 Å². The second-order valence-corrected chi connectivity index (χ2v) is 8.47. The Morgan fingerprint density at radius 2 is 1.74 bits per heavy atom. The molecule has 1 aromatic heterocycles. The third kappa shape index (κ3) is 4.99. The van der Waals surface area contributed by atoms with E-state index in [1.807, 2.05) is 48.5 Å². The van der Waals surface area contributed by atoms with E-state index >= 15 is 0 Å². The van der Waals surface area contributed by atoms with Crippen molar-refractivity contribution < 1.29 is 18.7 Å². The van der Waals surface area contributed by atoms with Gasteiger partial charge in [-0.25, -0.2) is 13.9 Å². The fourth-order valence-electron chi connectivity index (χ4n) is 4.41. The Kier molecular flexibility index (Phi) is 6.39. The molecular formula is C28H24FN3O3. The first-order valence-electron chi connectivity index (χ1n) is 11.5. The highest BCUT2D eigenvalue weighted by Crippen LogP contribution is 2.29. The van der Waals surface area contributed by atoms with E-state index in [1.54, 1.807) is 23.0 Å². The van der Waals surface area contributed by atoms with Gasteiger partial charge in [0, 0.05) is 11.8 Å². The van der Waals surface area contributed by atoms with Crippen molar-refractivity contribution >= 4 is 11.9 Å². The van der Waals surface area contributed by atoms with Gasteiger partial charge in [0.2, 0.25) is 0 Å². The second-order valence-electron chi connectivity index (χ2n) is 8.47. The number of aromatic nitrogens is 2. The number of nitrogens with zero attached hydrogens (tertiary/aromatic N) is 2. The summed E-state index contributed by atoms with van der Waals surface area (Å²) in [7, 11) is 0. The largest absolute Gasteiger partial charge is 0.452 e. The number of carbonyl (C=O) groups excluding carboxylic acids is 2. The molecule has 1 atom stereocenters. The zero-order valence-corrected chi connectivity index (χ0v) is 19.0. The molecule has 6 nitrogen and oxygen atoms in total. The zero-order valence-electron chi connectivity index (χ0n) is 19.0. The lowest BCUT2D eigenvalue weighted by Crippen LogP contribution is -2.34. The maximum atomic E-state index is 13.5. The number of ether oxygens (including phenoxy) is 1. The lowest BCUT2D eigenvalue weighted by molar-refractivity contribution is -0.125. The highest BCUT2D eigenvalue weighted by atomic mass is 19.1. The molecule has 4 aromatic rings. The standard InChI is InChI=1S/C28H24FN3O3/c29-21-15-13-20(14-16-21)27-24(17-32(31-27)22-9-2-1-3-10-22)28(34)35-18-26(33)30-25-12-6-8-19-7-4-5-11-23(19)25/h1-5,7,9-11,13-17,25H,6,8,12,18H2,(H,30,33). The minimum Gasteiger partial charge on any atom is -0.452 e. The van der Waals surface area contributed by atoms with Crippen molar-refractivity contribution in [3.63, 3.8) is 0 Å². The summed E-state index contributed by atoms with van der Waals surface area (Å²) in [6, 6.07) is 23.0. The smallest absolute Gasteiger partial charge is 0.342 e. The number of rotatable bonds is 6. The van der Waals surface area contributed by atoms with E-state index < -0.39 is 12.6 Å². The van der Waals surface area contributed by atoms with E-state index in [0.717, 1.165) is 30.5 Å². The SMILES string of the molecule is O=C(COC(=O)c1cn(-c2ccccc2)nc1-c1ccc(F)cc1)NC1CCCc2ccccc21. The van der Waals surface area contributed by atoms with Crippen molar-refractivity contribution in [2.45, 2.75) is 25.3 Å². The summed E-state index contributed by atoms with van der Waals surface area (Å²) in [6.07, 6.45) is 4.39. The molecule has 1 unspecified atom stereocenters. The van der Waals surface area contributed by atoms with Crippen LogP contribution in [0.2, 0.25) is 0 Å². The quantitative estimate of drug-likeness (QED) is 0.402. The highest BCUT2D eigenvalue weighted by Gasteiger charge is 2.24. The van der Waals surface area contributed by atoms with Gasteiger partial charge in [0.25, 0.3) is 5.91 Å². The van der Waals surface area contributed by atoms with Crippen LogP contribution in [0.5, 0.6) is 0 Å². The third-order valence-corrected chi connectivity index (χ3v) is 6.11. The summed E-state index contributed by atoms with van der Waals surface area (Å²) in [5, 5.41) is 7.53. The molecule has 0 radical (unpaired) electrons. The number of carbonyl (C=O) groups is 2. The number of fused-ring (bicyclic) bond motifs is 1. The number of benzene rings is 3. The van der Waals surface area contributed by atoms with Gasteiger partial charge in [-0.1, -0.05) is 42.5 Å². The molecule has 3 aromatic carbocycles. The van der Waals surface area contributed by atoms with Crippen LogP contribution in [-0.4, -0.2) is 28.3 Å². The van der Waals surface area contributed by atoms with Crippen molar-refractivity contribution in [2.75, 3.05) is 6.61 Å². The molecule has 176 valence electrons. The number of para-hydroxylation sites is 1. The lowest BCUT2D eigenvalue weighted by Gasteiger charge is -2.26. The highest BCUT2D eigenvalue weighted by molar-refractivity contribution is 5.97. The molecule has 0 bridgehead atoms. The molecule has 5 rings (SSSR count). The van der Waals surface area contributed by atoms with Crippen LogP contribution in [0.15, 0.2) is 85.1 Å². The summed E-state index contributed by atoms with van der Waals surface area (Å²) in [5.74, 6) is -1.43. The average Bonchev–Trinajstić information content (AvgIpc) is 3.34. The minimum absolute atomic E-state index is 0.0956. The number of hydrogen-bond donors (Lipinski definition) is 1. The van der Waals surface area contributed by atoms with Gasteiger partial charge in [-0.05, 0) is 66.8 Å². The maximum Gasteiger partial charge on any atom is 0.342 e. The minimum atomic E-state index is -0.675. The average molecular weight is 470 g/mol. The molecule has 1 heterocycles. The van der Waals surface area contributed by atoms with Crippen LogP contribution in [0.25, 0.3) is 16.9 Å². The van der Waals surface area contributed by atoms with Gasteiger partial charge in [-0.2, -0.15) is 5.10 Å². The first-order valence-corrected chi connectivity index (χ1v) is 11.5. The number of amides is 1. The topological polar surface area (TPSA) is 73.2 Å². The predicted octanol–water partition coefficient (Wildman–Crippen LogP) is 5.03. The number of aryl methyl sites for hydroxylation is 1. The van der Waals surface area contributed by atoms with Crippen molar-refractivity contribution in [1.29, 1.82) is 0 Å². The molecule has 0 saturated heterocycles. The van der Waals surface area contributed by atoms with Gasteiger partial charge in [-0.3, -0.25) is 4.79 Å². The van der Waals surface area contributed by atoms with E-state index in [1.165, 1.54) is 17.7 Å². The third-order valence-electron chi connectivity index (χ3n) is 6.11. The van der Waals surface area contributed by atoms with E-state index in [2.05, 4.69) is 16.5 Å². The number of hydrogen-bond acceptors (Lipinski definition) is 4. The summed E-state index contributed by atoms with van der Waals surface area (Å²) in [4.78, 5) is 25.6. The Balaban J connectivity index is 1.33. The summed E-state index contributed by atoms with van der Waals surface area (Å²) in [5.41, 5.74) is 4.20. The van der Waals surface area contributed by atoms with Gasteiger partial charge >= 0.3 is 5.97 Å². The van der Waals surface area contributed by atoms with Crippen molar-refractivity contribution in [3.8, 4) is 16.9 Å². The molecule has 0 aliphatic heterocycles. The zero-order chi connectivity index (χ0) is 24.2. The van der Waals surface area contributed by atoms with Crippen LogP contribution in [-0.2, 0) is 16.0 Å². The van der Waals surface area contributed by atoms with Gasteiger partial charge in [-0.15, -0.1) is 0 Å². The van der Waals surface area contributed by atoms with Crippen LogP contribution < -0.4 is 5.32 Å². The van der Waals surface area contributed by atoms with Crippen molar-refractivity contribution in [3.05, 3.63) is 108 Å². The van der Waals surface area contributed by atoms with Gasteiger partial charge in [0.05, 0.1) is 11.7 Å². The van der Waals surface area contributed by atoms with Gasteiger partial charge in [0.15, 0.2) is 6.61 Å². The molecule has 35 heavy (non-hydrogen) atoms. The van der Waals surface area contributed by atoms with E-state index in [4.69, 9.17) is 4.74 Å². The van der Waals surface area contributed by atoms with Crippen LogP contribution >= 0.6 is 0 Å². The van der Waals surface area contributed by atoms with E-state index in [0.29, 0.717) is 11.3 Å². The van der Waals surface area contributed by atoms with Gasteiger partial charge in [0.1, 0.15) is 17.1 Å². The molecule has 1 N–H and O–H groups in total. The van der Waals surface area contributed by atoms with Crippen molar-refractivity contribution in [2.24, 2.45) is 0 Å². The Morgan fingerprint density at radius 1 is 1.00 bits per heavy atom. The first-order chi connectivity index (χ1) is 17.1. The Labute approximate surface area is 202 Å². The molecular weight excluding hydrogens is 445 g/mol. The lowest BCUT2D eigenvalue weighted by atomic mass is 9.88. The van der Waals surface area contributed by atoms with Crippen LogP contribution in [0.3, 0.4) is 0 Å². The molecule has 0 fully saturated rings. The summed E-state index contributed by atoms with van der Waals surface area (Å²) in [6.45, 7) is -0.406. The second kappa shape index (κ2) is 9.93. The number of esters is 1. The monoisotopic (exact) mass is 469 g/mol. The number of halogens is 1. The maximum absolute atomic E-state index is 13.5. The molecule has 1 amide bonds. The fourth-order valence-corrected chi connectivity index (χ4v) is 4.41. The summed E-state index contributed by atoms with van der Waals surface area (Å²) >= 11 is 0. The van der Waals surface area contributed by atoms with Crippen LogP contribution in [0, 0.1) is 5.82 Å². The van der Waals surface area contributed by atoms with Crippen molar-refractivity contribution in [1.82, 2.24) is 15.1 Å². The summed E-state index contributed by atoms with van der Waals surface area (Å²) < 4.78 is 20.4. The molecule has 1 aliphatic rings. The van der Waals surface area contributed by atoms with Crippen LogP contribution in [0.4, 0.5) is 4.39 Å². The van der Waals surface area contributed by atoms with E-state index in [9.17, 15) is 14.0 Å². The van der Waals surface area contributed by atoms with Crippen LogP contribution in [0.1, 0.15) is 40.4 Å². The molecule has 0 saturated carbocycles. The Hall–Kier alpha value is -4.26. The molecule has 0 spiro atoms. The molecule has 1 aliphatic carbocycles. The molecule has 7 heteroatoms. The normalized spacial score (nSPS) is 14.7. The predicted molar refractivity (Wildman–Crippen MR) is 130 cm³/mol. The number of nitrogens with one attached hydrogen (secondary N) is 1. The first kappa shape index (κ1) is 22.5. The van der Waals surface area contributed by atoms with E-state index in [-0.39, 0.29) is 23.3 Å².